The van der Waals surface area contributed by atoms with Crippen LogP contribution >= 0.6 is 12.2 Å². The molecule has 1 fully saturated rings. The van der Waals surface area contributed by atoms with Gasteiger partial charge in [-0.15, -0.1) is 0 Å². The summed E-state index contributed by atoms with van der Waals surface area (Å²) in [6.07, 6.45) is 5.66. The average molecular weight is 212 g/mol. The maximum atomic E-state index is 5.27. The number of imidazole rings is 1. The zero-order valence-electron chi connectivity index (χ0n) is 8.62. The molecule has 3 nitrogen and oxygen atoms in total. The number of aryl methyl sites for hydroxylation is 1. The van der Waals surface area contributed by atoms with Crippen LogP contribution in [0.5, 0.6) is 0 Å². The third-order valence-corrected chi connectivity index (χ3v) is 3.34. The van der Waals surface area contributed by atoms with Crippen LogP contribution in [0.1, 0.15) is 31.5 Å². The summed E-state index contributed by atoms with van der Waals surface area (Å²) in [7, 11) is 1.78. The van der Waals surface area contributed by atoms with E-state index in [2.05, 4.69) is 16.5 Å². The van der Waals surface area contributed by atoms with Crippen LogP contribution in [0.2, 0.25) is 0 Å². The first kappa shape index (κ1) is 9.93. The number of nitrogens with one attached hydrogen (secondary N) is 1. The number of H-pyrrole nitrogens is 1. The third kappa shape index (κ3) is 1.53. The highest BCUT2D eigenvalue weighted by molar-refractivity contribution is 7.71. The van der Waals surface area contributed by atoms with Gasteiger partial charge in [-0.2, -0.15) is 0 Å². The first-order valence-corrected chi connectivity index (χ1v) is 5.48. The van der Waals surface area contributed by atoms with E-state index in [0.717, 1.165) is 24.0 Å². The Morgan fingerprint density at radius 3 is 2.93 bits per heavy atom. The molecule has 1 saturated carbocycles. The maximum Gasteiger partial charge on any atom is 0.177 e. The molecule has 1 aliphatic rings. The summed E-state index contributed by atoms with van der Waals surface area (Å²) in [4.78, 5) is 3.11. The Morgan fingerprint density at radius 1 is 1.64 bits per heavy atom. The van der Waals surface area contributed by atoms with E-state index in [9.17, 15) is 0 Å². The fourth-order valence-corrected chi connectivity index (χ4v) is 2.35. The smallest absolute Gasteiger partial charge is 0.177 e. The molecule has 4 heteroatoms. The molecule has 0 spiro atoms. The predicted molar refractivity (Wildman–Crippen MR) is 58.1 cm³/mol. The third-order valence-electron chi connectivity index (χ3n) is 3.02. The molecule has 0 aromatic carbocycles. The van der Waals surface area contributed by atoms with E-state index in [1.807, 2.05) is 6.20 Å². The summed E-state index contributed by atoms with van der Waals surface area (Å²) < 4.78 is 8.36. The Morgan fingerprint density at radius 2 is 2.36 bits per heavy atom. The Balaban J connectivity index is 2.17. The topological polar surface area (TPSA) is 29.9 Å². The van der Waals surface area contributed by atoms with Crippen molar-refractivity contribution in [2.75, 3.05) is 7.11 Å². The molecule has 2 rings (SSSR count). The van der Waals surface area contributed by atoms with Gasteiger partial charge in [0.2, 0.25) is 0 Å². The highest BCUT2D eigenvalue weighted by Gasteiger charge is 2.31. The minimum Gasteiger partial charge on any atom is -0.381 e. The van der Waals surface area contributed by atoms with Gasteiger partial charge in [0.1, 0.15) is 0 Å². The molecule has 0 saturated heterocycles. The first-order chi connectivity index (χ1) is 6.76. The Kier molecular flexibility index (Phi) is 2.74. The molecule has 0 aliphatic heterocycles. The highest BCUT2D eigenvalue weighted by Crippen LogP contribution is 2.35. The zero-order valence-corrected chi connectivity index (χ0v) is 9.43. The molecule has 1 aliphatic carbocycles. The second-order valence-corrected chi connectivity index (χ2v) is 4.18. The van der Waals surface area contributed by atoms with Gasteiger partial charge in [-0.1, -0.05) is 6.92 Å². The summed E-state index contributed by atoms with van der Waals surface area (Å²) >= 11 is 5.26. The van der Waals surface area contributed by atoms with E-state index in [1.165, 1.54) is 5.69 Å². The maximum absolute atomic E-state index is 5.27. The van der Waals surface area contributed by atoms with Crippen LogP contribution in [0, 0.1) is 4.77 Å². The van der Waals surface area contributed by atoms with E-state index in [-0.39, 0.29) is 0 Å². The standard InChI is InChI=1S/C10H16N2OS/c1-3-7-6-11-10(14)12(7)8-4-9(5-8)13-2/h6,8-9H,3-5H2,1-2H3,(H,11,14). The molecule has 1 aromatic rings. The monoisotopic (exact) mass is 212 g/mol. The molecule has 1 heterocycles. The molecule has 14 heavy (non-hydrogen) atoms. The van der Waals surface area contributed by atoms with E-state index in [1.54, 1.807) is 7.11 Å². The first-order valence-electron chi connectivity index (χ1n) is 5.07. The van der Waals surface area contributed by atoms with Gasteiger partial charge in [-0.05, 0) is 31.5 Å². The van der Waals surface area contributed by atoms with Gasteiger partial charge >= 0.3 is 0 Å². The van der Waals surface area contributed by atoms with Crippen molar-refractivity contribution in [3.05, 3.63) is 16.7 Å². The van der Waals surface area contributed by atoms with Crippen LogP contribution in [0.4, 0.5) is 0 Å². The van der Waals surface area contributed by atoms with Crippen molar-refractivity contribution >= 4 is 12.2 Å². The number of hydrogen-bond acceptors (Lipinski definition) is 2. The molecule has 0 amide bonds. The Bertz CT molecular complexity index is 362. The summed E-state index contributed by atoms with van der Waals surface area (Å²) in [5.41, 5.74) is 1.30. The molecule has 0 radical (unpaired) electrons. The number of methoxy groups -OCH3 is 1. The lowest BCUT2D eigenvalue weighted by atomic mass is 9.89. The van der Waals surface area contributed by atoms with E-state index in [0.29, 0.717) is 12.1 Å². The zero-order chi connectivity index (χ0) is 10.1. The fourth-order valence-electron chi connectivity index (χ4n) is 2.03. The molecule has 0 atom stereocenters. The number of aromatic amines is 1. The van der Waals surface area contributed by atoms with Crippen LogP contribution in [-0.2, 0) is 11.2 Å². The van der Waals surface area contributed by atoms with Crippen molar-refractivity contribution in [1.29, 1.82) is 0 Å². The van der Waals surface area contributed by atoms with Gasteiger partial charge < -0.3 is 14.3 Å². The van der Waals surface area contributed by atoms with Crippen molar-refractivity contribution < 1.29 is 4.74 Å². The number of ether oxygens (including phenoxy) is 1. The lowest BCUT2D eigenvalue weighted by Gasteiger charge is -2.35. The van der Waals surface area contributed by atoms with Crippen molar-refractivity contribution in [3.63, 3.8) is 0 Å². The Hall–Kier alpha value is -0.610. The number of nitrogens with zero attached hydrogens (tertiary/aromatic N) is 1. The molecular weight excluding hydrogens is 196 g/mol. The molecule has 1 aromatic heterocycles. The Labute approximate surface area is 89.1 Å². The van der Waals surface area contributed by atoms with Crippen molar-refractivity contribution in [2.45, 2.75) is 38.3 Å². The van der Waals surface area contributed by atoms with E-state index in [4.69, 9.17) is 17.0 Å². The lowest BCUT2D eigenvalue weighted by Crippen LogP contribution is -2.33. The normalized spacial score (nSPS) is 26.1. The van der Waals surface area contributed by atoms with Crippen LogP contribution in [-0.4, -0.2) is 22.8 Å². The molecule has 1 N–H and O–H groups in total. The fraction of sp³-hybridized carbons (Fsp3) is 0.700. The molecule has 0 bridgehead atoms. The highest BCUT2D eigenvalue weighted by atomic mass is 32.1. The van der Waals surface area contributed by atoms with E-state index >= 15 is 0 Å². The number of hydrogen-bond donors (Lipinski definition) is 1. The van der Waals surface area contributed by atoms with Gasteiger partial charge in [0.05, 0.1) is 6.10 Å². The van der Waals surface area contributed by atoms with Crippen LogP contribution < -0.4 is 0 Å². The summed E-state index contributed by atoms with van der Waals surface area (Å²) in [5.74, 6) is 0. The summed E-state index contributed by atoms with van der Waals surface area (Å²) in [6.45, 7) is 2.15. The van der Waals surface area contributed by atoms with Crippen molar-refractivity contribution in [2.24, 2.45) is 0 Å². The van der Waals surface area contributed by atoms with Gasteiger partial charge in [0.25, 0.3) is 0 Å². The summed E-state index contributed by atoms with van der Waals surface area (Å²) in [6, 6.07) is 0.550. The minimum absolute atomic E-state index is 0.432. The number of aromatic nitrogens is 2. The van der Waals surface area contributed by atoms with Crippen molar-refractivity contribution in [1.82, 2.24) is 9.55 Å². The van der Waals surface area contributed by atoms with Crippen LogP contribution in [0.25, 0.3) is 0 Å². The van der Waals surface area contributed by atoms with Gasteiger partial charge in [-0.25, -0.2) is 0 Å². The van der Waals surface area contributed by atoms with Crippen LogP contribution in [0.15, 0.2) is 6.20 Å². The second kappa shape index (κ2) is 3.87. The van der Waals surface area contributed by atoms with Gasteiger partial charge in [0.15, 0.2) is 4.77 Å². The predicted octanol–water partition coefficient (Wildman–Crippen LogP) is 2.46. The SMILES string of the molecule is CCc1c[nH]c(=S)n1C1CC(OC)C1. The van der Waals surface area contributed by atoms with Crippen LogP contribution in [0.3, 0.4) is 0 Å². The lowest BCUT2D eigenvalue weighted by molar-refractivity contribution is 0.00509. The summed E-state index contributed by atoms with van der Waals surface area (Å²) in [5, 5.41) is 0. The quantitative estimate of drug-likeness (QED) is 0.780. The number of rotatable bonds is 3. The second-order valence-electron chi connectivity index (χ2n) is 3.79. The molecular formula is C10H16N2OS. The van der Waals surface area contributed by atoms with Gasteiger partial charge in [0, 0.05) is 25.0 Å². The van der Waals surface area contributed by atoms with Gasteiger partial charge in [-0.3, -0.25) is 0 Å². The average Bonchev–Trinajstić information content (AvgIpc) is 2.47. The van der Waals surface area contributed by atoms with Crippen molar-refractivity contribution in [3.8, 4) is 0 Å². The largest absolute Gasteiger partial charge is 0.381 e. The molecule has 78 valence electrons. The molecule has 0 unspecified atom stereocenters. The van der Waals surface area contributed by atoms with E-state index < -0.39 is 0 Å². The minimum atomic E-state index is 0.432.